The molecular weight excluding hydrogens is 271 g/mol. The zero-order valence-corrected chi connectivity index (χ0v) is 12.1. The number of aliphatic hydroxyl groups excluding tert-OH is 1. The molecule has 1 heterocycles. The molecule has 1 fully saturated rings. The first-order valence-electron chi connectivity index (χ1n) is 7.42. The largest absolute Gasteiger partial charge is 0.451 e. The van der Waals surface area contributed by atoms with Crippen molar-refractivity contribution in [2.75, 3.05) is 0 Å². The van der Waals surface area contributed by atoms with Crippen LogP contribution in [0.25, 0.3) is 0 Å². The first kappa shape index (κ1) is 14.3. The highest BCUT2D eigenvalue weighted by Gasteiger charge is 2.49. The summed E-state index contributed by atoms with van der Waals surface area (Å²) >= 11 is 0. The van der Waals surface area contributed by atoms with Crippen LogP contribution in [0.4, 0.5) is 4.39 Å². The fourth-order valence-electron chi connectivity index (χ4n) is 3.52. The van der Waals surface area contributed by atoms with Crippen LogP contribution in [0.2, 0.25) is 0 Å². The summed E-state index contributed by atoms with van der Waals surface area (Å²) in [5.41, 5.74) is 1.09. The number of aliphatic hydroxyl groups is 1. The monoisotopic (exact) mass is 290 g/mol. The molecule has 0 aromatic heterocycles. The normalized spacial score (nSPS) is 22.5. The molecule has 0 amide bonds. The average Bonchev–Trinajstić information content (AvgIpc) is 2.71. The van der Waals surface area contributed by atoms with E-state index in [0.29, 0.717) is 16.7 Å². The van der Waals surface area contributed by atoms with Crippen LogP contribution < -0.4 is 0 Å². The topological polar surface area (TPSA) is 46.5 Å². The molecule has 1 saturated carbocycles. The van der Waals surface area contributed by atoms with E-state index >= 15 is 0 Å². The number of ether oxygens (including phenoxy) is 1. The van der Waals surface area contributed by atoms with Gasteiger partial charge >= 0.3 is 5.97 Å². The van der Waals surface area contributed by atoms with Crippen LogP contribution in [0.3, 0.4) is 0 Å². The van der Waals surface area contributed by atoms with Crippen molar-refractivity contribution >= 4 is 5.97 Å². The van der Waals surface area contributed by atoms with Gasteiger partial charge in [-0.15, -0.1) is 0 Å². The summed E-state index contributed by atoms with van der Waals surface area (Å²) in [4.78, 5) is 12.0. The number of esters is 1. The molecule has 1 aromatic rings. The Morgan fingerprint density at radius 2 is 1.81 bits per heavy atom. The van der Waals surface area contributed by atoms with Gasteiger partial charge in [-0.2, -0.15) is 0 Å². The predicted octanol–water partition coefficient (Wildman–Crippen LogP) is 3.44. The van der Waals surface area contributed by atoms with Gasteiger partial charge in [0.05, 0.1) is 0 Å². The highest BCUT2D eigenvalue weighted by molar-refractivity contribution is 5.92. The summed E-state index contributed by atoms with van der Waals surface area (Å²) in [6.07, 6.45) is 3.68. The van der Waals surface area contributed by atoms with Crippen LogP contribution in [-0.2, 0) is 9.53 Å². The zero-order chi connectivity index (χ0) is 15.0. The lowest BCUT2D eigenvalue weighted by Crippen LogP contribution is -2.36. The molecule has 1 aliphatic heterocycles. The quantitative estimate of drug-likeness (QED) is 0.849. The van der Waals surface area contributed by atoms with Crippen molar-refractivity contribution in [3.63, 3.8) is 0 Å². The Bertz CT molecular complexity index is 583. The van der Waals surface area contributed by atoms with Crippen molar-refractivity contribution in [2.24, 2.45) is 0 Å². The Labute approximate surface area is 123 Å². The fraction of sp³-hybridized carbons (Fsp3) is 0.471. The van der Waals surface area contributed by atoms with E-state index < -0.39 is 11.7 Å². The van der Waals surface area contributed by atoms with Crippen LogP contribution in [0.15, 0.2) is 35.4 Å². The lowest BCUT2D eigenvalue weighted by atomic mass is 9.75. The van der Waals surface area contributed by atoms with Gasteiger partial charge < -0.3 is 9.84 Å². The van der Waals surface area contributed by atoms with Crippen LogP contribution in [0.5, 0.6) is 0 Å². The number of benzene rings is 1. The van der Waals surface area contributed by atoms with Crippen molar-refractivity contribution in [3.8, 4) is 0 Å². The number of hydrogen-bond acceptors (Lipinski definition) is 3. The minimum Gasteiger partial charge on any atom is -0.451 e. The lowest BCUT2D eigenvalue weighted by Gasteiger charge is -2.36. The van der Waals surface area contributed by atoms with E-state index in [9.17, 15) is 14.3 Å². The fourth-order valence-corrected chi connectivity index (χ4v) is 3.52. The minimum absolute atomic E-state index is 0.340. The molecule has 4 heteroatoms. The second-order valence-electron chi connectivity index (χ2n) is 5.94. The van der Waals surface area contributed by atoms with Crippen molar-refractivity contribution in [1.29, 1.82) is 0 Å². The van der Waals surface area contributed by atoms with Gasteiger partial charge in [-0.25, -0.2) is 9.18 Å². The van der Waals surface area contributed by atoms with Crippen LogP contribution in [0, 0.1) is 5.82 Å². The summed E-state index contributed by atoms with van der Waals surface area (Å²) in [6.45, 7) is 1.70. The molecule has 1 unspecified atom stereocenters. The zero-order valence-electron chi connectivity index (χ0n) is 12.1. The van der Waals surface area contributed by atoms with Gasteiger partial charge in [0.2, 0.25) is 0 Å². The van der Waals surface area contributed by atoms with Crippen molar-refractivity contribution in [1.82, 2.24) is 0 Å². The van der Waals surface area contributed by atoms with E-state index in [-0.39, 0.29) is 11.8 Å². The van der Waals surface area contributed by atoms with E-state index in [1.54, 1.807) is 19.1 Å². The Balaban J connectivity index is 2.00. The van der Waals surface area contributed by atoms with Gasteiger partial charge in [-0.1, -0.05) is 18.6 Å². The van der Waals surface area contributed by atoms with E-state index in [4.69, 9.17) is 4.74 Å². The maximum absolute atomic E-state index is 13.0. The Morgan fingerprint density at radius 1 is 1.19 bits per heavy atom. The summed E-state index contributed by atoms with van der Waals surface area (Å²) in [5, 5.41) is 10.7. The predicted molar refractivity (Wildman–Crippen MR) is 76.0 cm³/mol. The molecule has 1 spiro atoms. The van der Waals surface area contributed by atoms with Gasteiger partial charge in [0.15, 0.2) is 0 Å². The maximum Gasteiger partial charge on any atom is 0.334 e. The smallest absolute Gasteiger partial charge is 0.334 e. The molecule has 1 N–H and O–H groups in total. The lowest BCUT2D eigenvalue weighted by molar-refractivity contribution is -0.149. The number of rotatable bonds is 2. The van der Waals surface area contributed by atoms with Crippen molar-refractivity contribution < 1.29 is 19.0 Å². The summed E-state index contributed by atoms with van der Waals surface area (Å²) < 4.78 is 18.7. The van der Waals surface area contributed by atoms with Gasteiger partial charge in [0.25, 0.3) is 0 Å². The molecule has 3 rings (SSSR count). The standard InChI is InChI=1S/C17H19FO3/c1-11-14(15(19)12-5-7-13(18)8-6-12)17(21-16(11)20)9-3-2-4-10-17/h5-8,15,19H,2-4,9-10H2,1H3. The molecule has 112 valence electrons. The maximum atomic E-state index is 13.0. The highest BCUT2D eigenvalue weighted by atomic mass is 19.1. The van der Waals surface area contributed by atoms with Crippen molar-refractivity contribution in [3.05, 3.63) is 46.8 Å². The second kappa shape index (κ2) is 5.26. The van der Waals surface area contributed by atoms with Crippen molar-refractivity contribution in [2.45, 2.75) is 50.7 Å². The molecule has 2 aliphatic rings. The average molecular weight is 290 g/mol. The Hall–Kier alpha value is -1.68. The summed E-state index contributed by atoms with van der Waals surface area (Å²) in [7, 11) is 0. The minimum atomic E-state index is -0.921. The first-order chi connectivity index (χ1) is 10.0. The Morgan fingerprint density at radius 3 is 2.43 bits per heavy atom. The molecule has 21 heavy (non-hydrogen) atoms. The molecule has 3 nitrogen and oxygen atoms in total. The van der Waals surface area contributed by atoms with Gasteiger partial charge in [0.1, 0.15) is 17.5 Å². The first-order valence-corrected chi connectivity index (χ1v) is 7.42. The summed E-state index contributed by atoms with van der Waals surface area (Å²) in [5.74, 6) is -0.684. The number of carbonyl (C=O) groups excluding carboxylic acids is 1. The third-order valence-corrected chi connectivity index (χ3v) is 4.61. The van der Waals surface area contributed by atoms with Gasteiger partial charge in [-0.3, -0.25) is 0 Å². The number of hydrogen-bond donors (Lipinski definition) is 1. The number of carbonyl (C=O) groups is 1. The van der Waals surface area contributed by atoms with Crippen LogP contribution in [0.1, 0.15) is 50.7 Å². The van der Waals surface area contributed by atoms with Crippen LogP contribution in [-0.4, -0.2) is 16.7 Å². The highest BCUT2D eigenvalue weighted by Crippen LogP contribution is 2.48. The summed E-state index contributed by atoms with van der Waals surface area (Å²) in [6, 6.07) is 5.75. The third-order valence-electron chi connectivity index (χ3n) is 4.61. The van der Waals surface area contributed by atoms with Gasteiger partial charge in [-0.05, 0) is 50.3 Å². The molecule has 1 aliphatic carbocycles. The van der Waals surface area contributed by atoms with E-state index in [1.807, 2.05) is 0 Å². The van der Waals surface area contributed by atoms with Crippen LogP contribution >= 0.6 is 0 Å². The SMILES string of the molecule is CC1=C(C(O)c2ccc(F)cc2)C2(CCCCC2)OC1=O. The molecule has 1 aromatic carbocycles. The molecule has 0 saturated heterocycles. The van der Waals surface area contributed by atoms with E-state index in [2.05, 4.69) is 0 Å². The van der Waals surface area contributed by atoms with E-state index in [1.165, 1.54) is 12.1 Å². The van der Waals surface area contributed by atoms with E-state index in [0.717, 1.165) is 32.1 Å². The Kier molecular flexibility index (Phi) is 3.57. The molecular formula is C17H19FO3. The third kappa shape index (κ3) is 2.38. The second-order valence-corrected chi connectivity index (χ2v) is 5.94. The molecule has 0 bridgehead atoms. The van der Waals surface area contributed by atoms with Gasteiger partial charge in [0, 0.05) is 11.1 Å². The molecule has 0 radical (unpaired) electrons. The molecule has 1 atom stereocenters. The number of halogens is 1.